The zero-order chi connectivity index (χ0) is 10.7. The normalized spacial score (nSPS) is 9.87. The molecule has 0 aromatic carbocycles. The highest BCUT2D eigenvalue weighted by molar-refractivity contribution is 7.08. The third kappa shape index (κ3) is 2.32. The fourth-order valence-electron chi connectivity index (χ4n) is 1.12. The largest absolute Gasteiger partial charge is 0.478 e. The summed E-state index contributed by atoms with van der Waals surface area (Å²) in [6.07, 6.45) is 1.47. The molecule has 5 heteroatoms. The predicted molar refractivity (Wildman–Crippen MR) is 58.8 cm³/mol. The van der Waals surface area contributed by atoms with Gasteiger partial charge in [-0.05, 0) is 23.6 Å². The van der Waals surface area contributed by atoms with E-state index in [9.17, 15) is 4.79 Å². The van der Waals surface area contributed by atoms with Crippen molar-refractivity contribution >= 4 is 28.8 Å². The highest BCUT2D eigenvalue weighted by atomic mass is 32.1. The second kappa shape index (κ2) is 4.10. The second-order valence-electron chi connectivity index (χ2n) is 2.87. The Bertz CT molecular complexity index is 468. The van der Waals surface area contributed by atoms with Crippen molar-refractivity contribution in [1.29, 1.82) is 0 Å². The number of thiophene rings is 1. The summed E-state index contributed by atoms with van der Waals surface area (Å²) in [4.78, 5) is 14.7. The van der Waals surface area contributed by atoms with Crippen LogP contribution in [0.25, 0.3) is 0 Å². The molecular formula is C10H8N2O2S. The first-order chi connectivity index (χ1) is 7.25. The molecule has 0 saturated carbocycles. The summed E-state index contributed by atoms with van der Waals surface area (Å²) >= 11 is 1.56. The highest BCUT2D eigenvalue weighted by Gasteiger charge is 2.04. The summed E-state index contributed by atoms with van der Waals surface area (Å²) in [7, 11) is 0. The number of hydrogen-bond acceptors (Lipinski definition) is 4. The number of pyridine rings is 1. The third-order valence-corrected chi connectivity index (χ3v) is 2.48. The molecule has 0 aliphatic heterocycles. The predicted octanol–water partition coefficient (Wildman–Crippen LogP) is 2.58. The van der Waals surface area contributed by atoms with Gasteiger partial charge >= 0.3 is 5.97 Å². The monoisotopic (exact) mass is 220 g/mol. The van der Waals surface area contributed by atoms with E-state index in [-0.39, 0.29) is 5.56 Å². The molecule has 0 aliphatic rings. The Labute approximate surface area is 90.2 Å². The minimum absolute atomic E-state index is 0.225. The number of hydrogen-bond donors (Lipinski definition) is 2. The highest BCUT2D eigenvalue weighted by Crippen LogP contribution is 2.17. The minimum atomic E-state index is -0.953. The van der Waals surface area contributed by atoms with Gasteiger partial charge in [0, 0.05) is 11.6 Å². The van der Waals surface area contributed by atoms with E-state index in [0.29, 0.717) is 5.82 Å². The van der Waals surface area contributed by atoms with Crippen LogP contribution in [0, 0.1) is 0 Å². The smallest absolute Gasteiger partial charge is 0.335 e. The molecule has 0 spiro atoms. The van der Waals surface area contributed by atoms with Crippen LogP contribution in [0.3, 0.4) is 0 Å². The van der Waals surface area contributed by atoms with E-state index < -0.39 is 5.97 Å². The summed E-state index contributed by atoms with van der Waals surface area (Å²) in [5, 5.41) is 15.7. The van der Waals surface area contributed by atoms with Crippen molar-refractivity contribution in [3.05, 3.63) is 40.7 Å². The van der Waals surface area contributed by atoms with Crippen LogP contribution < -0.4 is 5.32 Å². The molecule has 2 heterocycles. The summed E-state index contributed by atoms with van der Waals surface area (Å²) < 4.78 is 0. The van der Waals surface area contributed by atoms with E-state index in [1.807, 2.05) is 16.8 Å². The van der Waals surface area contributed by atoms with Gasteiger partial charge < -0.3 is 10.4 Å². The minimum Gasteiger partial charge on any atom is -0.478 e. The van der Waals surface area contributed by atoms with E-state index in [4.69, 9.17) is 5.11 Å². The van der Waals surface area contributed by atoms with Crippen LogP contribution in [0.4, 0.5) is 11.5 Å². The van der Waals surface area contributed by atoms with Gasteiger partial charge in [-0.25, -0.2) is 9.78 Å². The molecule has 2 N–H and O–H groups in total. The number of anilines is 2. The molecule has 2 aromatic rings. The average Bonchev–Trinajstić information content (AvgIpc) is 2.71. The van der Waals surface area contributed by atoms with Crippen molar-refractivity contribution in [1.82, 2.24) is 4.98 Å². The van der Waals surface area contributed by atoms with E-state index >= 15 is 0 Å². The summed E-state index contributed by atoms with van der Waals surface area (Å²) in [5.74, 6) is -0.418. The van der Waals surface area contributed by atoms with Crippen LogP contribution in [0.5, 0.6) is 0 Å². The van der Waals surface area contributed by atoms with Gasteiger partial charge in [0.15, 0.2) is 0 Å². The Morgan fingerprint density at radius 3 is 3.00 bits per heavy atom. The van der Waals surface area contributed by atoms with Crippen LogP contribution in [0.15, 0.2) is 35.2 Å². The van der Waals surface area contributed by atoms with Gasteiger partial charge in [0.05, 0.1) is 11.3 Å². The molecule has 0 unspecified atom stereocenters. The zero-order valence-corrected chi connectivity index (χ0v) is 8.49. The van der Waals surface area contributed by atoms with Crippen molar-refractivity contribution in [3.63, 3.8) is 0 Å². The van der Waals surface area contributed by atoms with Crippen molar-refractivity contribution in [2.75, 3.05) is 5.32 Å². The first kappa shape index (κ1) is 9.67. The van der Waals surface area contributed by atoms with E-state index in [1.54, 1.807) is 11.3 Å². The Morgan fingerprint density at radius 1 is 1.47 bits per heavy atom. The van der Waals surface area contributed by atoms with Crippen molar-refractivity contribution in [2.45, 2.75) is 0 Å². The lowest BCUT2D eigenvalue weighted by Crippen LogP contribution is -1.99. The first-order valence-electron chi connectivity index (χ1n) is 4.24. The van der Waals surface area contributed by atoms with Crippen LogP contribution in [-0.4, -0.2) is 16.1 Å². The SMILES string of the molecule is O=C(O)c1ccnc(Nc2ccsc2)c1. The van der Waals surface area contributed by atoms with Crippen molar-refractivity contribution in [2.24, 2.45) is 0 Å². The number of carboxylic acid groups (broad SMARTS) is 1. The third-order valence-electron chi connectivity index (χ3n) is 1.80. The maximum Gasteiger partial charge on any atom is 0.335 e. The standard InChI is InChI=1S/C10H8N2O2S/c13-10(14)7-1-3-11-9(5-7)12-8-2-4-15-6-8/h1-6H,(H,11,12)(H,13,14). The van der Waals surface area contributed by atoms with Crippen molar-refractivity contribution in [3.8, 4) is 0 Å². The molecule has 0 atom stereocenters. The summed E-state index contributed by atoms with van der Waals surface area (Å²) in [6.45, 7) is 0. The van der Waals surface area contributed by atoms with Gasteiger partial charge in [0.2, 0.25) is 0 Å². The molecule has 0 radical (unpaired) electrons. The Balaban J connectivity index is 2.22. The number of carbonyl (C=O) groups is 1. The van der Waals surface area contributed by atoms with Crippen LogP contribution in [0.2, 0.25) is 0 Å². The zero-order valence-electron chi connectivity index (χ0n) is 7.68. The number of aromatic carboxylic acids is 1. The van der Waals surface area contributed by atoms with Gasteiger partial charge in [-0.3, -0.25) is 0 Å². The Hall–Kier alpha value is -1.88. The quantitative estimate of drug-likeness (QED) is 0.834. The lowest BCUT2D eigenvalue weighted by Gasteiger charge is -2.02. The average molecular weight is 220 g/mol. The molecule has 4 nitrogen and oxygen atoms in total. The van der Waals surface area contributed by atoms with Gasteiger partial charge in [0.1, 0.15) is 5.82 Å². The van der Waals surface area contributed by atoms with Gasteiger partial charge in [-0.2, -0.15) is 11.3 Å². The Morgan fingerprint density at radius 2 is 2.33 bits per heavy atom. The topological polar surface area (TPSA) is 62.2 Å². The fraction of sp³-hybridized carbons (Fsp3) is 0. The molecule has 2 aromatic heterocycles. The van der Waals surface area contributed by atoms with E-state index in [1.165, 1.54) is 18.3 Å². The van der Waals surface area contributed by atoms with E-state index in [2.05, 4.69) is 10.3 Å². The molecule has 0 saturated heterocycles. The number of nitrogens with one attached hydrogen (secondary N) is 1. The van der Waals surface area contributed by atoms with Gasteiger partial charge in [0.25, 0.3) is 0 Å². The maximum absolute atomic E-state index is 10.7. The van der Waals surface area contributed by atoms with Crippen LogP contribution >= 0.6 is 11.3 Å². The van der Waals surface area contributed by atoms with Crippen molar-refractivity contribution < 1.29 is 9.90 Å². The molecule has 0 amide bonds. The molecule has 0 aliphatic carbocycles. The maximum atomic E-state index is 10.7. The second-order valence-corrected chi connectivity index (χ2v) is 3.65. The molecule has 76 valence electrons. The first-order valence-corrected chi connectivity index (χ1v) is 5.18. The lowest BCUT2D eigenvalue weighted by atomic mass is 10.2. The van der Waals surface area contributed by atoms with Crippen LogP contribution in [-0.2, 0) is 0 Å². The number of nitrogens with zero attached hydrogens (tertiary/aromatic N) is 1. The molecule has 15 heavy (non-hydrogen) atoms. The van der Waals surface area contributed by atoms with Gasteiger partial charge in [-0.1, -0.05) is 0 Å². The molecule has 0 bridgehead atoms. The van der Waals surface area contributed by atoms with Gasteiger partial charge in [-0.15, -0.1) is 0 Å². The number of rotatable bonds is 3. The van der Waals surface area contributed by atoms with E-state index in [0.717, 1.165) is 5.69 Å². The Kier molecular flexibility index (Phi) is 2.64. The molecule has 0 fully saturated rings. The molecule has 2 rings (SSSR count). The molecular weight excluding hydrogens is 212 g/mol. The van der Waals surface area contributed by atoms with Crippen LogP contribution in [0.1, 0.15) is 10.4 Å². The summed E-state index contributed by atoms with van der Waals surface area (Å²) in [6, 6.07) is 4.86. The number of carboxylic acids is 1. The summed E-state index contributed by atoms with van der Waals surface area (Å²) in [5.41, 5.74) is 1.14. The fourth-order valence-corrected chi connectivity index (χ4v) is 1.70. The lowest BCUT2D eigenvalue weighted by molar-refractivity contribution is 0.0697. The number of aromatic nitrogens is 1.